The predicted molar refractivity (Wildman–Crippen MR) is 105 cm³/mol. The highest BCUT2D eigenvalue weighted by Gasteiger charge is 2.17. The van der Waals surface area contributed by atoms with Crippen molar-refractivity contribution >= 4 is 52.7 Å². The molecule has 132 valence electrons. The normalized spacial score (nSPS) is 11.6. The molecule has 0 radical (unpaired) electrons. The number of ether oxygens (including phenoxy) is 1. The molecular formula is C18H18ClNO3S2. The summed E-state index contributed by atoms with van der Waals surface area (Å²) in [6.07, 6.45) is 1.93. The first-order valence-electron chi connectivity index (χ1n) is 7.51. The largest absolute Gasteiger partial charge is 0.455 e. The molecule has 0 aliphatic rings. The molecule has 2 aromatic rings. The van der Waals surface area contributed by atoms with Gasteiger partial charge in [-0.3, -0.25) is 9.59 Å². The molecular weight excluding hydrogens is 378 g/mol. The summed E-state index contributed by atoms with van der Waals surface area (Å²) in [5, 5.41) is 2.97. The fraction of sp³-hybridized carbons (Fsp3) is 0.222. The molecule has 0 bridgehead atoms. The fourth-order valence-electron chi connectivity index (χ4n) is 1.95. The minimum absolute atomic E-state index is 0.312. The van der Waals surface area contributed by atoms with E-state index in [0.29, 0.717) is 10.7 Å². The van der Waals surface area contributed by atoms with E-state index in [9.17, 15) is 9.59 Å². The van der Waals surface area contributed by atoms with Crippen molar-refractivity contribution in [2.45, 2.75) is 22.0 Å². The van der Waals surface area contributed by atoms with E-state index in [1.54, 1.807) is 19.1 Å². The molecule has 0 aromatic heterocycles. The minimum atomic E-state index is -0.437. The Labute approximate surface area is 160 Å². The molecule has 0 fully saturated rings. The van der Waals surface area contributed by atoms with Crippen LogP contribution in [-0.2, 0) is 14.3 Å². The lowest BCUT2D eigenvalue weighted by molar-refractivity contribution is -0.146. The average Bonchev–Trinajstić information content (AvgIpc) is 2.62. The zero-order valence-corrected chi connectivity index (χ0v) is 16.2. The van der Waals surface area contributed by atoms with Crippen LogP contribution < -0.4 is 5.32 Å². The van der Waals surface area contributed by atoms with Gasteiger partial charge in [0.15, 0.2) is 6.61 Å². The summed E-state index contributed by atoms with van der Waals surface area (Å²) in [4.78, 5) is 25.9. The van der Waals surface area contributed by atoms with E-state index in [-0.39, 0.29) is 12.5 Å². The number of hydrogen-bond acceptors (Lipinski definition) is 5. The molecule has 0 heterocycles. The van der Waals surface area contributed by atoms with Crippen LogP contribution in [0.25, 0.3) is 0 Å². The zero-order valence-electron chi connectivity index (χ0n) is 13.8. The lowest BCUT2D eigenvalue weighted by Gasteiger charge is -2.12. The second-order valence-corrected chi connectivity index (χ2v) is 7.77. The fourth-order valence-corrected chi connectivity index (χ4v) is 3.50. The van der Waals surface area contributed by atoms with Gasteiger partial charge in [-0.15, -0.1) is 23.5 Å². The van der Waals surface area contributed by atoms with Crippen molar-refractivity contribution in [1.82, 2.24) is 0 Å². The standard InChI is InChI=1S/C18H18ClNO3S2/c1-12(25-14-9-7-13(19)8-10-14)18(22)23-11-17(21)20-15-5-3-4-6-16(15)24-2/h3-10,12H,11H2,1-2H3,(H,20,21)/t12-/m0/s1. The Kier molecular flexibility index (Phi) is 7.68. The van der Waals surface area contributed by atoms with Crippen LogP contribution in [0.3, 0.4) is 0 Å². The first-order chi connectivity index (χ1) is 12.0. The predicted octanol–water partition coefficient (Wildman–Crippen LogP) is 4.72. The molecule has 2 rings (SSSR count). The third-order valence-electron chi connectivity index (χ3n) is 3.19. The number of esters is 1. The Hall–Kier alpha value is -1.63. The minimum Gasteiger partial charge on any atom is -0.455 e. The van der Waals surface area contributed by atoms with Crippen LogP contribution >= 0.6 is 35.1 Å². The molecule has 0 unspecified atom stereocenters. The number of amides is 1. The monoisotopic (exact) mass is 395 g/mol. The van der Waals surface area contributed by atoms with Crippen molar-refractivity contribution < 1.29 is 14.3 Å². The Bertz CT molecular complexity index is 737. The maximum absolute atomic E-state index is 12.0. The van der Waals surface area contributed by atoms with Crippen molar-refractivity contribution in [3.63, 3.8) is 0 Å². The third-order valence-corrected chi connectivity index (χ3v) is 5.32. The van der Waals surface area contributed by atoms with Crippen molar-refractivity contribution in [2.75, 3.05) is 18.2 Å². The van der Waals surface area contributed by atoms with Crippen molar-refractivity contribution in [3.05, 3.63) is 53.6 Å². The van der Waals surface area contributed by atoms with Crippen molar-refractivity contribution in [3.8, 4) is 0 Å². The Morgan fingerprint density at radius 1 is 1.16 bits per heavy atom. The Morgan fingerprint density at radius 2 is 1.84 bits per heavy atom. The molecule has 1 amide bonds. The summed E-state index contributed by atoms with van der Waals surface area (Å²) < 4.78 is 5.10. The van der Waals surface area contributed by atoms with Gasteiger partial charge in [0.25, 0.3) is 5.91 Å². The van der Waals surface area contributed by atoms with Gasteiger partial charge >= 0.3 is 5.97 Å². The lowest BCUT2D eigenvalue weighted by atomic mass is 10.3. The SMILES string of the molecule is CSc1ccccc1NC(=O)COC(=O)[C@H](C)Sc1ccc(Cl)cc1. The van der Waals surface area contributed by atoms with Crippen LogP contribution in [0, 0.1) is 0 Å². The number of carbonyl (C=O) groups excluding carboxylic acids is 2. The van der Waals surface area contributed by atoms with E-state index >= 15 is 0 Å². The van der Waals surface area contributed by atoms with Gasteiger partial charge in [-0.25, -0.2) is 0 Å². The summed E-state index contributed by atoms with van der Waals surface area (Å²) in [6.45, 7) is 1.43. The first-order valence-corrected chi connectivity index (χ1v) is 9.99. The van der Waals surface area contributed by atoms with Crippen LogP contribution in [0.4, 0.5) is 5.69 Å². The first kappa shape index (κ1) is 19.7. The van der Waals surface area contributed by atoms with Crippen LogP contribution in [0.1, 0.15) is 6.92 Å². The van der Waals surface area contributed by atoms with Gasteiger partial charge in [0, 0.05) is 14.8 Å². The molecule has 0 saturated heterocycles. The number of para-hydroxylation sites is 1. The smallest absolute Gasteiger partial charge is 0.319 e. The maximum atomic E-state index is 12.0. The van der Waals surface area contributed by atoms with E-state index in [2.05, 4.69) is 5.32 Å². The second kappa shape index (κ2) is 9.75. The van der Waals surface area contributed by atoms with Crippen LogP contribution in [0.5, 0.6) is 0 Å². The number of anilines is 1. The number of benzene rings is 2. The molecule has 0 spiro atoms. The van der Waals surface area contributed by atoms with Gasteiger partial charge < -0.3 is 10.1 Å². The van der Waals surface area contributed by atoms with E-state index in [0.717, 1.165) is 9.79 Å². The van der Waals surface area contributed by atoms with Gasteiger partial charge in [0.2, 0.25) is 0 Å². The third kappa shape index (κ3) is 6.30. The van der Waals surface area contributed by atoms with Crippen LogP contribution in [0.2, 0.25) is 5.02 Å². The van der Waals surface area contributed by atoms with E-state index < -0.39 is 11.2 Å². The van der Waals surface area contributed by atoms with Crippen molar-refractivity contribution in [2.24, 2.45) is 0 Å². The van der Waals surface area contributed by atoms with Gasteiger partial charge in [0.1, 0.15) is 5.25 Å². The molecule has 25 heavy (non-hydrogen) atoms. The molecule has 1 atom stereocenters. The summed E-state index contributed by atoms with van der Waals surface area (Å²) in [6, 6.07) is 14.7. The molecule has 1 N–H and O–H groups in total. The Balaban J connectivity index is 1.82. The molecule has 0 aliphatic heterocycles. The highest BCUT2D eigenvalue weighted by atomic mass is 35.5. The number of rotatable bonds is 7. The highest BCUT2D eigenvalue weighted by Crippen LogP contribution is 2.26. The molecule has 0 aliphatic carbocycles. The van der Waals surface area contributed by atoms with E-state index in [4.69, 9.17) is 16.3 Å². The quantitative estimate of drug-likeness (QED) is 0.542. The summed E-state index contributed by atoms with van der Waals surface area (Å²) in [5.74, 6) is -0.799. The van der Waals surface area contributed by atoms with Gasteiger partial charge in [0.05, 0.1) is 5.69 Å². The van der Waals surface area contributed by atoms with Crippen molar-refractivity contribution in [1.29, 1.82) is 0 Å². The molecule has 2 aromatic carbocycles. The number of halogens is 1. The number of nitrogens with one attached hydrogen (secondary N) is 1. The highest BCUT2D eigenvalue weighted by molar-refractivity contribution is 8.00. The second-order valence-electron chi connectivity index (χ2n) is 5.07. The number of thioether (sulfide) groups is 2. The summed E-state index contributed by atoms with van der Waals surface area (Å²) >= 11 is 8.72. The molecule has 7 heteroatoms. The van der Waals surface area contributed by atoms with Gasteiger partial charge in [-0.2, -0.15) is 0 Å². The number of hydrogen-bond donors (Lipinski definition) is 1. The topological polar surface area (TPSA) is 55.4 Å². The van der Waals surface area contributed by atoms with E-state index in [1.165, 1.54) is 23.5 Å². The Morgan fingerprint density at radius 3 is 2.52 bits per heavy atom. The lowest BCUT2D eigenvalue weighted by Crippen LogP contribution is -2.25. The molecule has 4 nitrogen and oxygen atoms in total. The number of carbonyl (C=O) groups is 2. The van der Waals surface area contributed by atoms with Gasteiger partial charge in [-0.1, -0.05) is 23.7 Å². The van der Waals surface area contributed by atoms with Crippen LogP contribution in [-0.4, -0.2) is 30.0 Å². The summed E-state index contributed by atoms with van der Waals surface area (Å²) in [7, 11) is 0. The maximum Gasteiger partial charge on any atom is 0.319 e. The van der Waals surface area contributed by atoms with Crippen LogP contribution in [0.15, 0.2) is 58.3 Å². The van der Waals surface area contributed by atoms with Gasteiger partial charge in [-0.05, 0) is 49.6 Å². The summed E-state index contributed by atoms with van der Waals surface area (Å²) in [5.41, 5.74) is 0.708. The molecule has 0 saturated carbocycles. The zero-order chi connectivity index (χ0) is 18.2. The van der Waals surface area contributed by atoms with E-state index in [1.807, 2.05) is 42.7 Å². The average molecular weight is 396 g/mol.